The fraction of sp³-hybridized carbons (Fsp3) is 0.440. The van der Waals surface area contributed by atoms with Crippen LogP contribution in [0.1, 0.15) is 41.7 Å². The minimum absolute atomic E-state index is 0.0289. The number of halogens is 4. The van der Waals surface area contributed by atoms with Gasteiger partial charge in [-0.1, -0.05) is 19.1 Å². The van der Waals surface area contributed by atoms with Crippen LogP contribution in [0.15, 0.2) is 53.4 Å². The number of sulfone groups is 1. The van der Waals surface area contributed by atoms with E-state index < -0.39 is 53.8 Å². The van der Waals surface area contributed by atoms with Gasteiger partial charge in [0.25, 0.3) is 5.91 Å². The first-order chi connectivity index (χ1) is 18.0. The van der Waals surface area contributed by atoms with Crippen LogP contribution in [0.5, 0.6) is 0 Å². The summed E-state index contributed by atoms with van der Waals surface area (Å²) in [6.45, 7) is -4.84. The largest absolute Gasteiger partial charge is 0.364 e. The molecule has 1 aliphatic rings. The van der Waals surface area contributed by atoms with Crippen molar-refractivity contribution in [2.24, 2.45) is 0 Å². The third-order valence-corrected chi connectivity index (χ3v) is 7.92. The zero-order valence-electron chi connectivity index (χ0n) is 20.4. The van der Waals surface area contributed by atoms with Crippen LogP contribution in [-0.4, -0.2) is 58.6 Å². The maximum atomic E-state index is 12.9. The number of hydrogen-bond donors (Lipinski definition) is 1. The normalized spacial score (nSPS) is 18.5. The van der Waals surface area contributed by atoms with E-state index in [4.69, 9.17) is 0 Å². The van der Waals surface area contributed by atoms with Gasteiger partial charge in [0.1, 0.15) is 0 Å². The number of rotatable bonds is 12. The molecule has 0 aromatic heterocycles. The Kier molecular flexibility index (Phi) is 10.1. The number of carbonyl (C=O) groups is 1. The Morgan fingerprint density at radius 3 is 2.32 bits per heavy atom. The number of nitrogens with one attached hydrogen (secondary N) is 1. The third-order valence-electron chi connectivity index (χ3n) is 6.17. The number of anilines is 1. The first-order valence-corrected chi connectivity index (χ1v) is 13.4. The van der Waals surface area contributed by atoms with Gasteiger partial charge in [0.05, 0.1) is 47.9 Å². The molecule has 3 atom stereocenters. The molecule has 1 saturated heterocycles. The van der Waals surface area contributed by atoms with Gasteiger partial charge in [0.15, 0.2) is 9.84 Å². The molecule has 0 radical (unpaired) electrons. The second-order valence-electron chi connectivity index (χ2n) is 8.56. The molecule has 2 aromatic carbocycles. The van der Waals surface area contributed by atoms with E-state index in [1.165, 1.54) is 31.2 Å². The van der Waals surface area contributed by atoms with Crippen LogP contribution in [0.25, 0.3) is 0 Å². The molecule has 1 N–H and O–H groups in total. The average Bonchev–Trinajstić information content (AvgIpc) is 3.29. The minimum atomic E-state index is -3.40. The van der Waals surface area contributed by atoms with E-state index >= 15 is 0 Å². The van der Waals surface area contributed by atoms with Gasteiger partial charge in [-0.2, -0.15) is 22.8 Å². The summed E-state index contributed by atoms with van der Waals surface area (Å²) < 4.78 is 83.5. The minimum Gasteiger partial charge on any atom is -0.364 e. The van der Waals surface area contributed by atoms with Crippen LogP contribution in [0.3, 0.4) is 0 Å². The lowest BCUT2D eigenvalue weighted by Crippen LogP contribution is -2.34. The quantitative estimate of drug-likeness (QED) is 0.388. The van der Waals surface area contributed by atoms with E-state index in [0.717, 1.165) is 0 Å². The Labute approximate surface area is 218 Å². The van der Waals surface area contributed by atoms with Gasteiger partial charge < -0.3 is 19.7 Å². The van der Waals surface area contributed by atoms with Gasteiger partial charge in [0.2, 0.25) is 0 Å². The van der Waals surface area contributed by atoms with E-state index in [-0.39, 0.29) is 35.6 Å². The molecule has 1 fully saturated rings. The number of ether oxygens (including phenoxy) is 2. The topological polar surface area (TPSA) is 109 Å². The molecule has 1 heterocycles. The van der Waals surface area contributed by atoms with Gasteiger partial charge in [0, 0.05) is 17.8 Å². The highest BCUT2D eigenvalue weighted by Crippen LogP contribution is 2.29. The van der Waals surface area contributed by atoms with Gasteiger partial charge in [-0.05, 0) is 48.4 Å². The van der Waals surface area contributed by atoms with Crippen LogP contribution < -0.4 is 10.2 Å². The number of hydrogen-bond acceptors (Lipinski definition) is 7. The molecule has 3 rings (SSSR count). The summed E-state index contributed by atoms with van der Waals surface area (Å²) in [5, 5.41) is 12.0. The SMILES string of the molecule is CCS(=O)(=O)c1ccc([C@H](CC#N)NC(=O)c2ccc(N3CC(OC(F)F)C[C@H]3COC(F)F)cc2)cc1. The van der Waals surface area contributed by atoms with Gasteiger partial charge in [-0.25, -0.2) is 8.42 Å². The predicted molar refractivity (Wildman–Crippen MR) is 130 cm³/mol. The molecule has 0 bridgehead atoms. The van der Waals surface area contributed by atoms with Crippen LogP contribution in [0.4, 0.5) is 23.2 Å². The number of alkyl halides is 4. The predicted octanol–water partition coefficient (Wildman–Crippen LogP) is 4.29. The Balaban J connectivity index is 1.72. The molecule has 38 heavy (non-hydrogen) atoms. The van der Waals surface area contributed by atoms with E-state index in [9.17, 15) is 36.0 Å². The van der Waals surface area contributed by atoms with Crippen molar-refractivity contribution in [3.05, 3.63) is 59.7 Å². The highest BCUT2D eigenvalue weighted by atomic mass is 32.2. The highest BCUT2D eigenvalue weighted by Gasteiger charge is 2.35. The van der Waals surface area contributed by atoms with Crippen LogP contribution in [0.2, 0.25) is 0 Å². The number of benzene rings is 2. The summed E-state index contributed by atoms with van der Waals surface area (Å²) in [6.07, 6.45) is -0.878. The number of nitrogens with zero attached hydrogens (tertiary/aromatic N) is 2. The zero-order chi connectivity index (χ0) is 27.9. The molecule has 2 aromatic rings. The van der Waals surface area contributed by atoms with Crippen molar-refractivity contribution in [1.82, 2.24) is 5.32 Å². The zero-order valence-corrected chi connectivity index (χ0v) is 21.2. The number of amides is 1. The Morgan fingerprint density at radius 1 is 1.11 bits per heavy atom. The van der Waals surface area contributed by atoms with Crippen molar-refractivity contribution >= 4 is 21.4 Å². The van der Waals surface area contributed by atoms with Gasteiger partial charge in [-0.3, -0.25) is 4.79 Å². The molecule has 206 valence electrons. The molecule has 0 spiro atoms. The smallest absolute Gasteiger partial charge is 0.345 e. The average molecular weight is 558 g/mol. The summed E-state index contributed by atoms with van der Waals surface area (Å²) in [7, 11) is -3.40. The Morgan fingerprint density at radius 2 is 1.76 bits per heavy atom. The van der Waals surface area contributed by atoms with Crippen LogP contribution >= 0.6 is 0 Å². The fourth-order valence-electron chi connectivity index (χ4n) is 4.24. The van der Waals surface area contributed by atoms with Gasteiger partial charge in [-0.15, -0.1) is 0 Å². The number of nitriles is 1. The molecule has 13 heteroatoms. The summed E-state index contributed by atoms with van der Waals surface area (Å²) in [5.74, 6) is -0.558. The molecule has 1 unspecified atom stereocenters. The highest BCUT2D eigenvalue weighted by molar-refractivity contribution is 7.91. The van der Waals surface area contributed by atoms with Crippen molar-refractivity contribution in [3.8, 4) is 6.07 Å². The maximum absolute atomic E-state index is 12.9. The second kappa shape index (κ2) is 13.0. The molecule has 1 amide bonds. The van der Waals surface area contributed by atoms with E-state index in [1.807, 2.05) is 6.07 Å². The first kappa shape index (κ1) is 29.3. The van der Waals surface area contributed by atoms with Crippen molar-refractivity contribution in [2.75, 3.05) is 23.8 Å². The van der Waals surface area contributed by atoms with Crippen LogP contribution in [0, 0.1) is 11.3 Å². The summed E-state index contributed by atoms with van der Waals surface area (Å²) in [5.41, 5.74) is 1.29. The van der Waals surface area contributed by atoms with E-state index in [0.29, 0.717) is 11.3 Å². The molecular formula is C25H27F4N3O5S. The van der Waals surface area contributed by atoms with Crippen molar-refractivity contribution in [3.63, 3.8) is 0 Å². The molecule has 0 saturated carbocycles. The third kappa shape index (κ3) is 7.66. The Bertz CT molecular complexity index is 1220. The molecule has 1 aliphatic heterocycles. The first-order valence-electron chi connectivity index (χ1n) is 11.7. The van der Waals surface area contributed by atoms with Crippen molar-refractivity contribution in [1.29, 1.82) is 5.26 Å². The monoisotopic (exact) mass is 557 g/mol. The van der Waals surface area contributed by atoms with Crippen LogP contribution in [-0.2, 0) is 19.3 Å². The fourth-order valence-corrected chi connectivity index (χ4v) is 5.12. The lowest BCUT2D eigenvalue weighted by atomic mass is 10.0. The summed E-state index contributed by atoms with van der Waals surface area (Å²) in [6, 6.07) is 12.7. The van der Waals surface area contributed by atoms with E-state index in [1.54, 1.807) is 29.2 Å². The van der Waals surface area contributed by atoms with Gasteiger partial charge >= 0.3 is 13.2 Å². The van der Waals surface area contributed by atoms with E-state index in [2.05, 4.69) is 14.8 Å². The maximum Gasteiger partial charge on any atom is 0.345 e. The lowest BCUT2D eigenvalue weighted by molar-refractivity contribution is -0.159. The van der Waals surface area contributed by atoms with Crippen molar-refractivity contribution < 1.29 is 40.2 Å². The summed E-state index contributed by atoms with van der Waals surface area (Å²) in [4.78, 5) is 14.6. The summed E-state index contributed by atoms with van der Waals surface area (Å²) >= 11 is 0. The molecular weight excluding hydrogens is 530 g/mol. The molecule has 0 aliphatic carbocycles. The second-order valence-corrected chi connectivity index (χ2v) is 10.8. The Hall–Kier alpha value is -3.21. The lowest BCUT2D eigenvalue weighted by Gasteiger charge is -2.26. The standard InChI is InChI=1S/C25H27F4N3O5S/c1-2-38(34,35)21-9-5-16(6-10-21)22(11-12-30)31-23(33)17-3-7-18(8-4-17)32-14-20(37-25(28)29)13-19(32)15-36-24(26)27/h3-10,19-20,22,24-25H,2,11,13-15H2,1H3,(H,31,33)/t19-,20?,22-/m0/s1. The molecule has 8 nitrogen and oxygen atoms in total. The van der Waals surface area contributed by atoms with Crippen molar-refractivity contribution in [2.45, 2.75) is 56.1 Å². The number of carbonyl (C=O) groups excluding carboxylic acids is 1.